The molecule has 1 aromatic rings. The van der Waals surface area contributed by atoms with Gasteiger partial charge in [0.15, 0.2) is 5.96 Å². The number of aliphatic imine (C=N–C) groups is 1. The van der Waals surface area contributed by atoms with Crippen molar-refractivity contribution in [3.8, 4) is 0 Å². The van der Waals surface area contributed by atoms with Crippen molar-refractivity contribution in [2.75, 3.05) is 72.0 Å². The fourth-order valence-corrected chi connectivity index (χ4v) is 5.00. The van der Waals surface area contributed by atoms with Gasteiger partial charge in [-0.15, -0.1) is 11.3 Å². The van der Waals surface area contributed by atoms with Crippen LogP contribution in [-0.2, 0) is 6.54 Å². The van der Waals surface area contributed by atoms with Gasteiger partial charge < -0.3 is 10.2 Å². The van der Waals surface area contributed by atoms with Gasteiger partial charge in [-0.25, -0.2) is 0 Å². The Morgan fingerprint density at radius 1 is 1.15 bits per heavy atom. The molecule has 4 aliphatic heterocycles. The SMILES string of the molecule is CCNC(=NCC1CN2CCN1CC2)N1CCN(Cc2cccs2)CC1. The molecule has 5 rings (SSSR count). The predicted molar refractivity (Wildman–Crippen MR) is 109 cm³/mol. The quantitative estimate of drug-likeness (QED) is 0.609. The van der Waals surface area contributed by atoms with Crippen molar-refractivity contribution in [3.05, 3.63) is 22.4 Å². The van der Waals surface area contributed by atoms with Crippen molar-refractivity contribution in [3.63, 3.8) is 0 Å². The smallest absolute Gasteiger partial charge is 0.194 e. The lowest BCUT2D eigenvalue weighted by molar-refractivity contribution is 0.0173. The van der Waals surface area contributed by atoms with Gasteiger partial charge in [0.2, 0.25) is 0 Å². The van der Waals surface area contributed by atoms with Crippen molar-refractivity contribution in [2.45, 2.75) is 19.5 Å². The molecule has 1 N–H and O–H groups in total. The molecular weight excluding hydrogens is 344 g/mol. The Labute approximate surface area is 161 Å². The largest absolute Gasteiger partial charge is 0.357 e. The summed E-state index contributed by atoms with van der Waals surface area (Å²) in [6, 6.07) is 4.99. The van der Waals surface area contributed by atoms with Crippen LogP contribution in [0.15, 0.2) is 22.5 Å². The molecule has 26 heavy (non-hydrogen) atoms. The summed E-state index contributed by atoms with van der Waals surface area (Å²) in [6.07, 6.45) is 0. The van der Waals surface area contributed by atoms with Crippen LogP contribution in [0, 0.1) is 0 Å². The standard InChI is InChI=1S/C19H32N6S/c1-2-20-19(21-14-17-15-22-5-9-24(17)10-6-22)25-11-7-23(8-12-25)16-18-4-3-13-26-18/h3-4,13,17H,2,5-12,14-16H2,1H3,(H,20,21). The third-order valence-electron chi connectivity index (χ3n) is 5.81. The minimum atomic E-state index is 0.603. The highest BCUT2D eigenvalue weighted by Gasteiger charge is 2.31. The Bertz CT molecular complexity index is 573. The van der Waals surface area contributed by atoms with Gasteiger partial charge in [0, 0.05) is 82.9 Å². The highest BCUT2D eigenvalue weighted by Crippen LogP contribution is 2.16. The number of hydrogen-bond donors (Lipinski definition) is 1. The molecule has 1 atom stereocenters. The average molecular weight is 377 g/mol. The summed E-state index contributed by atoms with van der Waals surface area (Å²) in [5.74, 6) is 1.11. The molecule has 1 aromatic heterocycles. The number of fused-ring (bicyclic) bond motifs is 3. The van der Waals surface area contributed by atoms with Crippen molar-refractivity contribution in [1.29, 1.82) is 0 Å². The molecule has 0 amide bonds. The summed E-state index contributed by atoms with van der Waals surface area (Å²) in [5, 5.41) is 5.70. The Morgan fingerprint density at radius 2 is 1.96 bits per heavy atom. The van der Waals surface area contributed by atoms with E-state index in [-0.39, 0.29) is 0 Å². The molecule has 0 aliphatic carbocycles. The average Bonchev–Trinajstić information content (AvgIpc) is 3.20. The molecule has 4 aliphatic rings. The minimum Gasteiger partial charge on any atom is -0.357 e. The molecular formula is C19H32N6S. The summed E-state index contributed by atoms with van der Waals surface area (Å²) in [6.45, 7) is 15.6. The fourth-order valence-electron chi connectivity index (χ4n) is 4.26. The second-order valence-corrected chi connectivity index (χ2v) is 8.56. The van der Waals surface area contributed by atoms with E-state index in [4.69, 9.17) is 4.99 Å². The Kier molecular flexibility index (Phi) is 6.09. The third kappa shape index (κ3) is 4.39. The van der Waals surface area contributed by atoms with Crippen LogP contribution in [0.25, 0.3) is 0 Å². The van der Waals surface area contributed by atoms with Gasteiger partial charge in [-0.3, -0.25) is 19.7 Å². The maximum absolute atomic E-state index is 5.03. The summed E-state index contributed by atoms with van der Waals surface area (Å²) in [7, 11) is 0. The topological polar surface area (TPSA) is 37.4 Å². The van der Waals surface area contributed by atoms with Crippen LogP contribution in [-0.4, -0.2) is 104 Å². The number of hydrogen-bond acceptors (Lipinski definition) is 5. The number of nitrogens with one attached hydrogen (secondary N) is 1. The number of guanidine groups is 1. The Hall–Kier alpha value is -1.15. The first-order valence-corrected chi connectivity index (χ1v) is 10.9. The maximum atomic E-state index is 5.03. The molecule has 0 aromatic carbocycles. The second-order valence-electron chi connectivity index (χ2n) is 7.53. The lowest BCUT2D eigenvalue weighted by Crippen LogP contribution is -2.62. The molecule has 0 radical (unpaired) electrons. The summed E-state index contributed by atoms with van der Waals surface area (Å²) in [5.41, 5.74) is 0. The first-order valence-electron chi connectivity index (χ1n) is 10.1. The zero-order valence-electron chi connectivity index (χ0n) is 15.9. The van der Waals surface area contributed by atoms with E-state index in [9.17, 15) is 0 Å². The molecule has 6 nitrogen and oxygen atoms in total. The van der Waals surface area contributed by atoms with Crippen molar-refractivity contribution in [1.82, 2.24) is 24.9 Å². The molecule has 0 saturated carbocycles. The molecule has 1 unspecified atom stereocenters. The molecule has 7 heteroatoms. The van der Waals surface area contributed by atoms with Gasteiger partial charge in [-0.1, -0.05) is 6.07 Å². The fraction of sp³-hybridized carbons (Fsp3) is 0.737. The van der Waals surface area contributed by atoms with E-state index in [1.54, 1.807) is 0 Å². The van der Waals surface area contributed by atoms with E-state index in [2.05, 4.69) is 49.4 Å². The minimum absolute atomic E-state index is 0.603. The van der Waals surface area contributed by atoms with Crippen LogP contribution in [0.5, 0.6) is 0 Å². The summed E-state index contributed by atoms with van der Waals surface area (Å²) in [4.78, 5) is 16.7. The number of nitrogens with zero attached hydrogens (tertiary/aromatic N) is 5. The first-order chi connectivity index (χ1) is 12.8. The molecule has 144 valence electrons. The highest BCUT2D eigenvalue weighted by atomic mass is 32.1. The van der Waals surface area contributed by atoms with Gasteiger partial charge in [-0.2, -0.15) is 0 Å². The second kappa shape index (κ2) is 8.69. The van der Waals surface area contributed by atoms with E-state index < -0.39 is 0 Å². The maximum Gasteiger partial charge on any atom is 0.194 e. The van der Waals surface area contributed by atoms with Crippen LogP contribution in [0.3, 0.4) is 0 Å². The number of thiophene rings is 1. The molecule has 4 saturated heterocycles. The number of rotatable bonds is 5. The monoisotopic (exact) mass is 376 g/mol. The van der Waals surface area contributed by atoms with E-state index in [0.29, 0.717) is 6.04 Å². The van der Waals surface area contributed by atoms with Crippen molar-refractivity contribution >= 4 is 17.3 Å². The third-order valence-corrected chi connectivity index (χ3v) is 6.67. The summed E-state index contributed by atoms with van der Waals surface area (Å²) >= 11 is 1.86. The zero-order chi connectivity index (χ0) is 17.8. The van der Waals surface area contributed by atoms with Crippen LogP contribution >= 0.6 is 11.3 Å². The normalized spacial score (nSPS) is 30.0. The molecule has 2 bridgehead atoms. The lowest BCUT2D eigenvalue weighted by Gasteiger charge is -2.47. The van der Waals surface area contributed by atoms with E-state index >= 15 is 0 Å². The van der Waals surface area contributed by atoms with Gasteiger partial charge in [-0.05, 0) is 18.4 Å². The lowest BCUT2D eigenvalue weighted by atomic mass is 10.1. The van der Waals surface area contributed by atoms with Crippen LogP contribution in [0.4, 0.5) is 0 Å². The molecule has 4 fully saturated rings. The Balaban J connectivity index is 1.30. The summed E-state index contributed by atoms with van der Waals surface area (Å²) < 4.78 is 0. The van der Waals surface area contributed by atoms with Gasteiger partial charge in [0.05, 0.1) is 6.54 Å². The van der Waals surface area contributed by atoms with Crippen molar-refractivity contribution < 1.29 is 0 Å². The molecule has 5 heterocycles. The van der Waals surface area contributed by atoms with Gasteiger partial charge in [0.25, 0.3) is 0 Å². The Morgan fingerprint density at radius 3 is 2.58 bits per heavy atom. The van der Waals surface area contributed by atoms with Gasteiger partial charge in [0.1, 0.15) is 0 Å². The predicted octanol–water partition coefficient (Wildman–Crippen LogP) is 0.831. The van der Waals surface area contributed by atoms with E-state index in [1.165, 1.54) is 37.6 Å². The van der Waals surface area contributed by atoms with E-state index in [1.807, 2.05) is 11.3 Å². The highest BCUT2D eigenvalue weighted by molar-refractivity contribution is 7.09. The van der Waals surface area contributed by atoms with Crippen LogP contribution in [0.2, 0.25) is 0 Å². The van der Waals surface area contributed by atoms with Crippen LogP contribution < -0.4 is 5.32 Å². The van der Waals surface area contributed by atoms with Crippen LogP contribution in [0.1, 0.15) is 11.8 Å². The van der Waals surface area contributed by atoms with Gasteiger partial charge >= 0.3 is 0 Å². The first kappa shape index (κ1) is 18.2. The molecule has 0 spiro atoms. The van der Waals surface area contributed by atoms with E-state index in [0.717, 1.165) is 51.8 Å². The number of piperazine rings is 4. The van der Waals surface area contributed by atoms with Crippen molar-refractivity contribution in [2.24, 2.45) is 4.99 Å². The zero-order valence-corrected chi connectivity index (χ0v) is 16.8.